The van der Waals surface area contributed by atoms with Gasteiger partial charge < -0.3 is 4.43 Å². The maximum Gasteiger partial charge on any atom is 0.201 e. The minimum atomic E-state index is -2.12. The Morgan fingerprint density at radius 1 is 0.871 bits per heavy atom. The third kappa shape index (κ3) is 5.29. The normalized spacial score (nSPS) is 13.4. The standard InChI is InChI=1S/C25H34IN3OSi/c1-18(2)31(19(3)4,20(5)6)30-25(22-14-10-11-15-23(22)26)24-17-29(28-27-24)16-21-12-8-7-9-13-21/h7-15,17-20,25H,16H2,1-6H3/t25-/m1/s1. The van der Waals surface area contributed by atoms with Crippen molar-refractivity contribution in [2.75, 3.05) is 0 Å². The van der Waals surface area contributed by atoms with Crippen molar-refractivity contribution >= 4 is 30.9 Å². The lowest BCUT2D eigenvalue weighted by atomic mass is 10.1. The zero-order valence-electron chi connectivity index (χ0n) is 19.4. The maximum absolute atomic E-state index is 7.26. The molecule has 0 radical (unpaired) electrons. The molecule has 0 aliphatic heterocycles. The van der Waals surface area contributed by atoms with E-state index in [4.69, 9.17) is 4.43 Å². The molecule has 0 aliphatic rings. The Balaban J connectivity index is 2.03. The van der Waals surface area contributed by atoms with Crippen LogP contribution in [0.2, 0.25) is 16.6 Å². The highest BCUT2D eigenvalue weighted by atomic mass is 127. The molecule has 0 saturated carbocycles. The highest BCUT2D eigenvalue weighted by Gasteiger charge is 2.47. The van der Waals surface area contributed by atoms with Gasteiger partial charge >= 0.3 is 0 Å². The van der Waals surface area contributed by atoms with E-state index in [0.29, 0.717) is 23.2 Å². The average Bonchev–Trinajstić information content (AvgIpc) is 3.18. The van der Waals surface area contributed by atoms with Crippen molar-refractivity contribution in [1.82, 2.24) is 15.0 Å². The molecule has 0 spiro atoms. The summed E-state index contributed by atoms with van der Waals surface area (Å²) in [6, 6.07) is 18.8. The number of hydrogen-bond acceptors (Lipinski definition) is 3. The van der Waals surface area contributed by atoms with Crippen molar-refractivity contribution < 1.29 is 4.43 Å². The first kappa shape index (κ1) is 24.1. The number of benzene rings is 2. The van der Waals surface area contributed by atoms with Gasteiger partial charge in [0.2, 0.25) is 8.32 Å². The van der Waals surface area contributed by atoms with Gasteiger partial charge in [-0.2, -0.15) is 0 Å². The van der Waals surface area contributed by atoms with Gasteiger partial charge in [0, 0.05) is 3.57 Å². The van der Waals surface area contributed by atoms with Crippen molar-refractivity contribution in [1.29, 1.82) is 0 Å². The molecule has 6 heteroatoms. The fraction of sp³-hybridized carbons (Fsp3) is 0.440. The van der Waals surface area contributed by atoms with Gasteiger partial charge in [0.15, 0.2) is 0 Å². The molecule has 1 aromatic heterocycles. The molecule has 166 valence electrons. The molecule has 0 fully saturated rings. The predicted octanol–water partition coefficient (Wildman–Crippen LogP) is 7.21. The fourth-order valence-corrected chi connectivity index (χ4v) is 11.0. The smallest absolute Gasteiger partial charge is 0.201 e. The van der Waals surface area contributed by atoms with Crippen LogP contribution in [0.5, 0.6) is 0 Å². The van der Waals surface area contributed by atoms with Crippen molar-refractivity contribution in [2.45, 2.75) is 70.8 Å². The third-order valence-electron chi connectivity index (χ3n) is 6.23. The van der Waals surface area contributed by atoms with Crippen LogP contribution in [0.3, 0.4) is 0 Å². The highest BCUT2D eigenvalue weighted by molar-refractivity contribution is 14.1. The molecule has 0 bridgehead atoms. The van der Waals surface area contributed by atoms with Gasteiger partial charge in [-0.3, -0.25) is 0 Å². The summed E-state index contributed by atoms with van der Waals surface area (Å²) >= 11 is 2.41. The van der Waals surface area contributed by atoms with Gasteiger partial charge in [0.25, 0.3) is 0 Å². The zero-order chi connectivity index (χ0) is 22.6. The topological polar surface area (TPSA) is 39.9 Å². The molecule has 0 saturated heterocycles. The maximum atomic E-state index is 7.26. The molecule has 31 heavy (non-hydrogen) atoms. The molecule has 2 aromatic carbocycles. The molecule has 1 atom stereocenters. The number of halogens is 1. The molecule has 0 amide bonds. The van der Waals surface area contributed by atoms with Gasteiger partial charge in [0.05, 0.1) is 12.7 Å². The van der Waals surface area contributed by atoms with Crippen molar-refractivity contribution in [3.63, 3.8) is 0 Å². The molecule has 3 rings (SSSR count). The second-order valence-corrected chi connectivity index (χ2v) is 15.7. The van der Waals surface area contributed by atoms with Crippen LogP contribution >= 0.6 is 22.6 Å². The lowest BCUT2D eigenvalue weighted by molar-refractivity contribution is 0.208. The van der Waals surface area contributed by atoms with Crippen LogP contribution in [0.25, 0.3) is 0 Å². The van der Waals surface area contributed by atoms with Crippen LogP contribution in [0.1, 0.15) is 64.5 Å². The minimum absolute atomic E-state index is 0.212. The Hall–Kier alpha value is -1.51. The first-order chi connectivity index (χ1) is 14.8. The van der Waals surface area contributed by atoms with Gasteiger partial charge in [-0.15, -0.1) is 5.10 Å². The number of aromatic nitrogens is 3. The highest BCUT2D eigenvalue weighted by Crippen LogP contribution is 2.46. The molecule has 0 aliphatic carbocycles. The molecule has 4 nitrogen and oxygen atoms in total. The van der Waals surface area contributed by atoms with Crippen LogP contribution in [0, 0.1) is 3.57 Å². The van der Waals surface area contributed by atoms with Crippen LogP contribution in [0.4, 0.5) is 0 Å². The first-order valence-corrected chi connectivity index (χ1v) is 14.3. The van der Waals surface area contributed by atoms with Crippen LogP contribution < -0.4 is 0 Å². The monoisotopic (exact) mass is 547 g/mol. The molecular formula is C25H34IN3OSi. The summed E-state index contributed by atoms with van der Waals surface area (Å²) in [4.78, 5) is 0. The van der Waals surface area contributed by atoms with E-state index >= 15 is 0 Å². The summed E-state index contributed by atoms with van der Waals surface area (Å²) in [5.41, 5.74) is 4.76. The quantitative estimate of drug-likeness (QED) is 0.210. The SMILES string of the molecule is CC(C)[Si](O[C@@H](c1cn(Cc2ccccc2)nn1)c1ccccc1I)(C(C)C)C(C)C. The number of nitrogens with zero attached hydrogens (tertiary/aromatic N) is 3. The van der Waals surface area contributed by atoms with E-state index in [1.807, 2.05) is 10.7 Å². The van der Waals surface area contributed by atoms with Gasteiger partial charge in [-0.05, 0) is 56.4 Å². The number of hydrogen-bond donors (Lipinski definition) is 0. The lowest BCUT2D eigenvalue weighted by Crippen LogP contribution is -2.48. The minimum Gasteiger partial charge on any atom is -0.403 e. The number of rotatable bonds is 9. The largest absolute Gasteiger partial charge is 0.403 e. The van der Waals surface area contributed by atoms with Crippen LogP contribution in [-0.4, -0.2) is 23.3 Å². The summed E-state index contributed by atoms with van der Waals surface area (Å²) < 4.78 is 10.4. The fourth-order valence-electron chi connectivity index (χ4n) is 4.86. The average molecular weight is 548 g/mol. The lowest BCUT2D eigenvalue weighted by Gasteiger charge is -2.44. The summed E-state index contributed by atoms with van der Waals surface area (Å²) in [5, 5.41) is 9.05. The van der Waals surface area contributed by atoms with Gasteiger partial charge in [-0.25, -0.2) is 4.68 Å². The first-order valence-electron chi connectivity index (χ1n) is 11.1. The molecule has 0 unspecified atom stereocenters. The Bertz CT molecular complexity index is 950. The molecular weight excluding hydrogens is 513 g/mol. The van der Waals surface area contributed by atoms with Crippen molar-refractivity contribution in [3.8, 4) is 0 Å². The van der Waals surface area contributed by atoms with E-state index in [0.717, 1.165) is 5.69 Å². The van der Waals surface area contributed by atoms with E-state index in [2.05, 4.69) is 129 Å². The Morgan fingerprint density at radius 3 is 2.03 bits per heavy atom. The Labute approximate surface area is 201 Å². The van der Waals surface area contributed by atoms with E-state index in [9.17, 15) is 0 Å². The predicted molar refractivity (Wildman–Crippen MR) is 139 cm³/mol. The van der Waals surface area contributed by atoms with E-state index < -0.39 is 8.32 Å². The second-order valence-electron chi connectivity index (χ2n) is 9.16. The molecule has 0 N–H and O–H groups in total. The molecule has 3 aromatic rings. The summed E-state index contributed by atoms with van der Waals surface area (Å²) in [7, 11) is -2.12. The summed E-state index contributed by atoms with van der Waals surface area (Å²) in [6.45, 7) is 14.7. The zero-order valence-corrected chi connectivity index (χ0v) is 22.6. The van der Waals surface area contributed by atoms with Crippen molar-refractivity contribution in [2.24, 2.45) is 0 Å². The Kier molecular flexibility index (Phi) is 8.10. The molecule has 1 heterocycles. The van der Waals surface area contributed by atoms with Crippen molar-refractivity contribution in [3.05, 3.63) is 81.2 Å². The summed E-state index contributed by atoms with van der Waals surface area (Å²) in [5.74, 6) is 0. The third-order valence-corrected chi connectivity index (χ3v) is 13.3. The van der Waals surface area contributed by atoms with Crippen LogP contribution in [-0.2, 0) is 11.0 Å². The van der Waals surface area contributed by atoms with Crippen LogP contribution in [0.15, 0.2) is 60.8 Å². The van der Waals surface area contributed by atoms with Gasteiger partial charge in [0.1, 0.15) is 11.8 Å². The van der Waals surface area contributed by atoms with E-state index in [-0.39, 0.29) is 6.10 Å². The van der Waals surface area contributed by atoms with E-state index in [1.54, 1.807) is 0 Å². The second kappa shape index (κ2) is 10.4. The Morgan fingerprint density at radius 2 is 1.45 bits per heavy atom. The summed E-state index contributed by atoms with van der Waals surface area (Å²) in [6.07, 6.45) is 1.84. The van der Waals surface area contributed by atoms with E-state index in [1.165, 1.54) is 14.7 Å². The van der Waals surface area contributed by atoms with Gasteiger partial charge in [-0.1, -0.05) is 95.3 Å².